The van der Waals surface area contributed by atoms with E-state index in [0.29, 0.717) is 0 Å². The zero-order valence-corrected chi connectivity index (χ0v) is 30.8. The fourth-order valence-electron chi connectivity index (χ4n) is 2.13. The van der Waals surface area contributed by atoms with Gasteiger partial charge in [-0.25, -0.2) is 28.3 Å². The Morgan fingerprint density at radius 3 is 1.82 bits per heavy atom. The first-order chi connectivity index (χ1) is 17.4. The first kappa shape index (κ1) is 41.3. The Bertz CT molecular complexity index is 1310. The number of carboxylic acids is 1. The predicted octanol–water partition coefficient (Wildman–Crippen LogP) is -1.95. The fraction of sp³-hybridized carbons (Fsp3) is 0.0500. The molecule has 3 rings (SSSR count). The number of hydrogen-bond acceptors (Lipinski definition) is 10. The molecule has 1 aromatic carbocycles. The number of pyridine rings is 2. The number of esters is 1. The van der Waals surface area contributed by atoms with E-state index < -0.39 is 40.0 Å². The predicted molar refractivity (Wildman–Crippen MR) is 133 cm³/mol. The smallest absolute Gasteiger partial charge is 1.00 e. The number of nitrogen functional groups attached to an aromatic ring is 2. The maximum Gasteiger partial charge on any atom is 1.00 e. The van der Waals surface area contributed by atoms with Gasteiger partial charge in [-0.3, -0.25) is 4.79 Å². The summed E-state index contributed by atoms with van der Waals surface area (Å²) in [5.41, 5.74) is 9.95. The number of aromatic nitrogens is 2. The second-order valence-electron chi connectivity index (χ2n) is 6.15. The Morgan fingerprint density at radius 1 is 1.00 bits per heavy atom. The van der Waals surface area contributed by atoms with E-state index in [1.165, 1.54) is 0 Å². The van der Waals surface area contributed by atoms with Gasteiger partial charge in [-0.2, -0.15) is 0 Å². The molecular formula is C20H14Br2Cl2F2K2N4O7. The van der Waals surface area contributed by atoms with Crippen LogP contribution in [0.25, 0.3) is 0 Å². The third-order valence-electron chi connectivity index (χ3n) is 3.79. The number of aromatic carboxylic acids is 1. The molecule has 0 fully saturated rings. The maximum atomic E-state index is 13.4. The van der Waals surface area contributed by atoms with Crippen molar-refractivity contribution < 1.29 is 147 Å². The van der Waals surface area contributed by atoms with Crippen molar-refractivity contribution in [3.05, 3.63) is 78.2 Å². The van der Waals surface area contributed by atoms with E-state index in [1.54, 1.807) is 12.1 Å². The quantitative estimate of drug-likeness (QED) is 0.0654. The zero-order chi connectivity index (χ0) is 28.3. The molecule has 3 aromatic rings. The molecule has 0 aliphatic rings. The van der Waals surface area contributed by atoms with Crippen LogP contribution in [0.4, 0.5) is 20.2 Å². The molecule has 0 radical (unpaired) electrons. The van der Waals surface area contributed by atoms with Crippen molar-refractivity contribution >= 4 is 84.8 Å². The summed E-state index contributed by atoms with van der Waals surface area (Å²) < 4.78 is 30.9. The summed E-state index contributed by atoms with van der Waals surface area (Å²) in [6.45, 7) is -0.118. The van der Waals surface area contributed by atoms with E-state index in [4.69, 9.17) is 54.6 Å². The van der Waals surface area contributed by atoms with Gasteiger partial charge in [0.1, 0.15) is 15.8 Å². The first-order valence-electron chi connectivity index (χ1n) is 9.13. The van der Waals surface area contributed by atoms with Crippen LogP contribution in [0, 0.1) is 11.6 Å². The number of carbonyl (C=O) groups is 3. The minimum Gasteiger partial charge on any atom is -1.00 e. The average Bonchev–Trinajstić information content (AvgIpc) is 2.89. The van der Waals surface area contributed by atoms with Crippen molar-refractivity contribution in [1.29, 1.82) is 0 Å². The molecule has 5 N–H and O–H groups in total. The topological polar surface area (TPSA) is 191 Å². The monoisotopic (exact) mass is 766 g/mol. The molecule has 39 heavy (non-hydrogen) atoms. The minimum absolute atomic E-state index is 0. The van der Waals surface area contributed by atoms with Crippen LogP contribution in [-0.2, 0) is 21.0 Å². The van der Waals surface area contributed by atoms with Crippen molar-refractivity contribution in [2.24, 2.45) is 0 Å². The molecule has 11 nitrogen and oxygen atoms in total. The molecule has 0 amide bonds. The van der Waals surface area contributed by atoms with Crippen molar-refractivity contribution in [2.45, 2.75) is 6.61 Å². The number of nitrogens with zero attached hydrogens (tertiary/aromatic N) is 2. The molecule has 2 heterocycles. The summed E-state index contributed by atoms with van der Waals surface area (Å²) in [5, 5.41) is 16.3. The van der Waals surface area contributed by atoms with Gasteiger partial charge in [-0.15, -0.1) is 0 Å². The molecule has 0 atom stereocenters. The summed E-state index contributed by atoms with van der Waals surface area (Å²) in [6.07, 6.45) is 0. The molecular weight excluding hydrogens is 755 g/mol. The number of carboxylic acid groups (broad SMARTS) is 1. The normalized spacial score (nSPS) is 9.21. The van der Waals surface area contributed by atoms with Gasteiger partial charge in [-0.05, 0) is 37.4 Å². The molecule has 0 bridgehead atoms. The van der Waals surface area contributed by atoms with Crippen molar-refractivity contribution in [1.82, 2.24) is 9.97 Å². The molecule has 0 spiro atoms. The third-order valence-corrected chi connectivity index (χ3v) is 5.61. The first-order valence-corrected chi connectivity index (χ1v) is 11.5. The van der Waals surface area contributed by atoms with Crippen LogP contribution in [0.15, 0.2) is 39.5 Å². The van der Waals surface area contributed by atoms with Crippen LogP contribution in [-0.4, -0.2) is 33.5 Å². The SMILES string of the molecule is Nc1c(F)c(Br)nc(C(=O)O)c1Cl.Nc1c(F)c(Br)nc(C(=O)OCc2ccccc2)c1Cl.O=CO[O-].[H-].[K+].[K+]. The number of benzene rings is 1. The molecule has 0 aliphatic carbocycles. The zero-order valence-electron chi connectivity index (χ0n) is 20.9. The summed E-state index contributed by atoms with van der Waals surface area (Å²) in [5.74, 6) is -3.81. The second-order valence-corrected chi connectivity index (χ2v) is 8.40. The largest absolute Gasteiger partial charge is 1.00 e. The van der Waals surface area contributed by atoms with Crippen molar-refractivity contribution in [3.63, 3.8) is 0 Å². The van der Waals surface area contributed by atoms with Crippen LogP contribution in [0.5, 0.6) is 0 Å². The molecule has 0 saturated carbocycles. The fourth-order valence-corrected chi connectivity index (χ4v) is 3.32. The number of rotatable bonds is 5. The van der Waals surface area contributed by atoms with Crippen LogP contribution in [0.3, 0.4) is 0 Å². The summed E-state index contributed by atoms with van der Waals surface area (Å²) >= 11 is 16.8. The van der Waals surface area contributed by atoms with Crippen molar-refractivity contribution in [3.8, 4) is 0 Å². The Kier molecular flexibility index (Phi) is 22.2. The second kappa shape index (κ2) is 20.9. The maximum absolute atomic E-state index is 13.4. The summed E-state index contributed by atoms with van der Waals surface area (Å²) in [6, 6.07) is 9.10. The van der Waals surface area contributed by atoms with Gasteiger partial charge in [-0.1, -0.05) is 53.5 Å². The minimum atomic E-state index is -1.36. The van der Waals surface area contributed by atoms with Crippen LogP contribution in [0.1, 0.15) is 28.0 Å². The number of carbonyl (C=O) groups excluding carboxylic acids is 2. The van der Waals surface area contributed by atoms with Crippen LogP contribution in [0.2, 0.25) is 10.0 Å². The van der Waals surface area contributed by atoms with Gasteiger partial charge < -0.3 is 32.9 Å². The van der Waals surface area contributed by atoms with E-state index in [2.05, 4.69) is 46.7 Å². The van der Waals surface area contributed by atoms with Gasteiger partial charge >= 0.3 is 115 Å². The van der Waals surface area contributed by atoms with Gasteiger partial charge in [0.25, 0.3) is 6.47 Å². The Balaban J connectivity index is -0.000000597. The summed E-state index contributed by atoms with van der Waals surface area (Å²) in [4.78, 5) is 40.7. The Labute approximate surface area is 332 Å². The van der Waals surface area contributed by atoms with Gasteiger partial charge in [0.05, 0.1) is 21.4 Å². The number of hydrogen-bond donors (Lipinski definition) is 3. The van der Waals surface area contributed by atoms with Crippen LogP contribution >= 0.6 is 55.1 Å². The van der Waals surface area contributed by atoms with Gasteiger partial charge in [0, 0.05) is 0 Å². The standard InChI is InChI=1S/C13H9BrClFN2O2.C6H3BrClFN2O2.CH2O3.2K.H/c14-12-9(16)10(17)8(15)11(18-12)13(19)20-6-7-4-2-1-3-5-7;7-5-2(9)3(10)1(8)4(11-5)6(12)13;2-1-4-3;;;/h1-5H,6H2,(H2,17,18);(H2,10,11)(H,12,13);1,3H;;;/q;;;2*+1;-1/p-1. The number of ether oxygens (including phenoxy) is 1. The van der Waals surface area contributed by atoms with Gasteiger partial charge in [0.2, 0.25) is 0 Å². The number of halogens is 6. The molecule has 200 valence electrons. The molecule has 0 aliphatic heterocycles. The third kappa shape index (κ3) is 12.9. The van der Waals surface area contributed by atoms with E-state index in [9.17, 15) is 18.4 Å². The molecule has 0 unspecified atom stereocenters. The number of nitrogens with two attached hydrogens (primary N) is 2. The molecule has 19 heteroatoms. The van der Waals surface area contributed by atoms with E-state index in [1.807, 2.05) is 18.2 Å². The van der Waals surface area contributed by atoms with Crippen LogP contribution < -0.4 is 119 Å². The molecule has 0 saturated heterocycles. The van der Waals surface area contributed by atoms with E-state index >= 15 is 0 Å². The average molecular weight is 769 g/mol. The summed E-state index contributed by atoms with van der Waals surface area (Å²) in [7, 11) is 0. The Hall–Kier alpha value is 0.163. The van der Waals surface area contributed by atoms with Crippen molar-refractivity contribution in [2.75, 3.05) is 11.5 Å². The number of anilines is 2. The van der Waals surface area contributed by atoms with E-state index in [0.717, 1.165) is 5.56 Å². The van der Waals surface area contributed by atoms with Gasteiger partial charge in [0.15, 0.2) is 23.0 Å². The molecule has 2 aromatic heterocycles. The van der Waals surface area contributed by atoms with E-state index in [-0.39, 0.29) is 143 Å². The Morgan fingerprint density at radius 2 is 1.41 bits per heavy atom.